The van der Waals surface area contributed by atoms with E-state index < -0.39 is 23.5 Å². The molecule has 3 amide bonds. The van der Waals surface area contributed by atoms with Crippen molar-refractivity contribution in [1.82, 2.24) is 0 Å². The molecule has 0 spiro atoms. The van der Waals surface area contributed by atoms with E-state index in [0.29, 0.717) is 5.69 Å². The summed E-state index contributed by atoms with van der Waals surface area (Å²) in [6.45, 7) is 3.60. The molecule has 6 heteroatoms. The number of rotatable bonds is 3. The number of para-hydroxylation sites is 1. The molecule has 0 aromatic heterocycles. The molecule has 0 radical (unpaired) electrons. The van der Waals surface area contributed by atoms with E-state index in [9.17, 15) is 18.8 Å². The highest BCUT2D eigenvalue weighted by atomic mass is 19.1. The Morgan fingerprint density at radius 1 is 0.897 bits per heavy atom. The lowest BCUT2D eigenvalue weighted by molar-refractivity contribution is 0.0925. The van der Waals surface area contributed by atoms with Crippen LogP contribution >= 0.6 is 0 Å². The van der Waals surface area contributed by atoms with Gasteiger partial charge in [-0.3, -0.25) is 14.4 Å². The zero-order valence-corrected chi connectivity index (χ0v) is 15.8. The van der Waals surface area contributed by atoms with E-state index in [2.05, 4.69) is 5.32 Å². The lowest BCUT2D eigenvalue weighted by Crippen LogP contribution is -2.29. The molecule has 0 unspecified atom stereocenters. The maximum Gasteiger partial charge on any atom is 0.266 e. The fourth-order valence-electron chi connectivity index (χ4n) is 3.34. The van der Waals surface area contributed by atoms with Crippen LogP contribution in [0.1, 0.15) is 42.2 Å². The molecular formula is C23H17FN2O3. The number of hydrogen-bond donors (Lipinski definition) is 1. The SMILES string of the molecule is Cc1ccc(F)c(NC(=O)c2ccc3c(c2)C(=O)N(c2ccccc2C)C3=O)c1. The summed E-state index contributed by atoms with van der Waals surface area (Å²) < 4.78 is 13.9. The van der Waals surface area contributed by atoms with Crippen LogP contribution in [0.5, 0.6) is 0 Å². The van der Waals surface area contributed by atoms with E-state index >= 15 is 0 Å². The van der Waals surface area contributed by atoms with Crippen molar-refractivity contribution >= 4 is 29.1 Å². The fraction of sp³-hybridized carbons (Fsp3) is 0.0870. The zero-order chi connectivity index (χ0) is 20.7. The summed E-state index contributed by atoms with van der Waals surface area (Å²) in [5, 5.41) is 2.51. The van der Waals surface area contributed by atoms with Crippen molar-refractivity contribution in [3.8, 4) is 0 Å². The van der Waals surface area contributed by atoms with Gasteiger partial charge in [0.2, 0.25) is 0 Å². The largest absolute Gasteiger partial charge is 0.319 e. The highest BCUT2D eigenvalue weighted by molar-refractivity contribution is 6.35. The van der Waals surface area contributed by atoms with Crippen LogP contribution in [0.3, 0.4) is 0 Å². The number of aryl methyl sites for hydroxylation is 2. The van der Waals surface area contributed by atoms with Crippen molar-refractivity contribution in [2.24, 2.45) is 0 Å². The number of hydrogen-bond acceptors (Lipinski definition) is 3. The highest BCUT2D eigenvalue weighted by Crippen LogP contribution is 2.31. The second kappa shape index (κ2) is 6.98. The van der Waals surface area contributed by atoms with Crippen LogP contribution in [0.4, 0.5) is 15.8 Å². The van der Waals surface area contributed by atoms with Crippen molar-refractivity contribution in [2.75, 3.05) is 10.2 Å². The third-order valence-corrected chi connectivity index (χ3v) is 4.88. The summed E-state index contributed by atoms with van der Waals surface area (Å²) >= 11 is 0. The van der Waals surface area contributed by atoms with Gasteiger partial charge in [-0.25, -0.2) is 9.29 Å². The first-order chi connectivity index (χ1) is 13.9. The van der Waals surface area contributed by atoms with E-state index in [-0.39, 0.29) is 22.4 Å². The maximum atomic E-state index is 13.9. The molecule has 5 nitrogen and oxygen atoms in total. The quantitative estimate of drug-likeness (QED) is 0.672. The summed E-state index contributed by atoms with van der Waals surface area (Å²) in [5.74, 6) is -2.04. The summed E-state index contributed by atoms with van der Waals surface area (Å²) in [6.07, 6.45) is 0. The van der Waals surface area contributed by atoms with Crippen LogP contribution in [0, 0.1) is 19.7 Å². The van der Waals surface area contributed by atoms with Gasteiger partial charge in [0.1, 0.15) is 5.82 Å². The van der Waals surface area contributed by atoms with Crippen LogP contribution in [0.25, 0.3) is 0 Å². The second-order valence-corrected chi connectivity index (χ2v) is 6.93. The van der Waals surface area contributed by atoms with Crippen LogP contribution in [0.2, 0.25) is 0 Å². The molecule has 0 fully saturated rings. The van der Waals surface area contributed by atoms with Gasteiger partial charge in [0.25, 0.3) is 17.7 Å². The molecule has 1 aliphatic heterocycles. The van der Waals surface area contributed by atoms with Gasteiger partial charge in [0.05, 0.1) is 22.5 Å². The Labute approximate surface area is 166 Å². The number of imide groups is 1. The lowest BCUT2D eigenvalue weighted by atomic mass is 10.1. The summed E-state index contributed by atoms with van der Waals surface area (Å²) in [5.41, 5.74) is 2.69. The van der Waals surface area contributed by atoms with Gasteiger partial charge in [-0.15, -0.1) is 0 Å². The second-order valence-electron chi connectivity index (χ2n) is 6.93. The summed E-state index contributed by atoms with van der Waals surface area (Å²) in [7, 11) is 0. The third kappa shape index (κ3) is 3.18. The minimum absolute atomic E-state index is 0.0550. The Balaban J connectivity index is 1.66. The number of carbonyl (C=O) groups is 3. The number of carbonyl (C=O) groups excluding carboxylic acids is 3. The number of amides is 3. The minimum Gasteiger partial charge on any atom is -0.319 e. The molecule has 0 bridgehead atoms. The minimum atomic E-state index is -0.563. The molecule has 1 N–H and O–H groups in total. The number of fused-ring (bicyclic) bond motifs is 1. The molecule has 29 heavy (non-hydrogen) atoms. The normalized spacial score (nSPS) is 12.9. The van der Waals surface area contributed by atoms with E-state index in [1.807, 2.05) is 19.1 Å². The molecule has 0 atom stereocenters. The Morgan fingerprint density at radius 2 is 1.62 bits per heavy atom. The van der Waals surface area contributed by atoms with Gasteiger partial charge >= 0.3 is 0 Å². The van der Waals surface area contributed by atoms with Crippen molar-refractivity contribution in [2.45, 2.75) is 13.8 Å². The number of anilines is 2. The Morgan fingerprint density at radius 3 is 2.38 bits per heavy atom. The van der Waals surface area contributed by atoms with Crippen LogP contribution in [0.15, 0.2) is 60.7 Å². The fourth-order valence-corrected chi connectivity index (χ4v) is 3.34. The monoisotopic (exact) mass is 388 g/mol. The lowest BCUT2D eigenvalue weighted by Gasteiger charge is -2.16. The van der Waals surface area contributed by atoms with E-state index in [0.717, 1.165) is 16.0 Å². The predicted molar refractivity (Wildman–Crippen MR) is 108 cm³/mol. The van der Waals surface area contributed by atoms with Gasteiger partial charge in [0.15, 0.2) is 0 Å². The van der Waals surface area contributed by atoms with Gasteiger partial charge in [0, 0.05) is 5.56 Å². The molecule has 4 rings (SSSR count). The van der Waals surface area contributed by atoms with Crippen molar-refractivity contribution in [1.29, 1.82) is 0 Å². The average Bonchev–Trinajstić information content (AvgIpc) is 2.95. The number of nitrogens with zero attached hydrogens (tertiary/aromatic N) is 1. The Kier molecular flexibility index (Phi) is 4.47. The number of halogens is 1. The first kappa shape index (κ1) is 18.6. The van der Waals surface area contributed by atoms with Gasteiger partial charge in [-0.1, -0.05) is 24.3 Å². The Hall–Kier alpha value is -3.80. The van der Waals surface area contributed by atoms with Gasteiger partial charge in [-0.05, 0) is 61.4 Å². The van der Waals surface area contributed by atoms with Gasteiger partial charge < -0.3 is 5.32 Å². The van der Waals surface area contributed by atoms with Crippen molar-refractivity contribution in [3.05, 3.63) is 94.3 Å². The molecule has 3 aromatic rings. The number of benzene rings is 3. The first-order valence-corrected chi connectivity index (χ1v) is 9.03. The Bertz CT molecular complexity index is 1190. The topological polar surface area (TPSA) is 66.5 Å². The molecule has 0 saturated heterocycles. The molecule has 1 heterocycles. The van der Waals surface area contributed by atoms with E-state index in [1.165, 1.54) is 30.3 Å². The predicted octanol–water partition coefficient (Wildman–Crippen LogP) is 4.50. The van der Waals surface area contributed by atoms with Crippen LogP contribution in [-0.4, -0.2) is 17.7 Å². The summed E-state index contributed by atoms with van der Waals surface area (Å²) in [6, 6.07) is 15.8. The van der Waals surface area contributed by atoms with Crippen LogP contribution < -0.4 is 10.2 Å². The molecule has 1 aliphatic rings. The standard InChI is InChI=1S/C23H17FN2O3/c1-13-7-10-18(24)19(11-13)25-21(27)15-8-9-16-17(12-15)23(29)26(22(16)28)20-6-4-3-5-14(20)2/h3-12H,1-2H3,(H,25,27). The number of nitrogens with one attached hydrogen (secondary N) is 1. The summed E-state index contributed by atoms with van der Waals surface area (Å²) in [4.78, 5) is 39.4. The zero-order valence-electron chi connectivity index (χ0n) is 15.8. The molecule has 144 valence electrons. The van der Waals surface area contributed by atoms with E-state index in [4.69, 9.17) is 0 Å². The van der Waals surface area contributed by atoms with Crippen molar-refractivity contribution < 1.29 is 18.8 Å². The van der Waals surface area contributed by atoms with E-state index in [1.54, 1.807) is 25.1 Å². The smallest absolute Gasteiger partial charge is 0.266 e. The molecule has 3 aromatic carbocycles. The van der Waals surface area contributed by atoms with Crippen LogP contribution in [-0.2, 0) is 0 Å². The molecule has 0 aliphatic carbocycles. The third-order valence-electron chi connectivity index (χ3n) is 4.88. The molecule has 0 saturated carbocycles. The van der Waals surface area contributed by atoms with Gasteiger partial charge in [-0.2, -0.15) is 0 Å². The average molecular weight is 388 g/mol. The maximum absolute atomic E-state index is 13.9. The van der Waals surface area contributed by atoms with Crippen molar-refractivity contribution in [3.63, 3.8) is 0 Å². The highest BCUT2D eigenvalue weighted by Gasteiger charge is 2.37. The molecular weight excluding hydrogens is 371 g/mol. The first-order valence-electron chi connectivity index (χ1n) is 9.03.